The van der Waals surface area contributed by atoms with E-state index in [0.29, 0.717) is 18.8 Å². The Balaban J connectivity index is 1.81. The first-order valence-electron chi connectivity index (χ1n) is 6.64. The molecule has 114 valence electrons. The summed E-state index contributed by atoms with van der Waals surface area (Å²) in [7, 11) is 0. The highest BCUT2D eigenvalue weighted by Crippen LogP contribution is 2.20. The number of aromatic nitrogens is 4. The van der Waals surface area contributed by atoms with Crippen LogP contribution in [0.15, 0.2) is 34.4 Å². The molecule has 22 heavy (non-hydrogen) atoms. The minimum atomic E-state index is -0.712. The lowest BCUT2D eigenvalue weighted by molar-refractivity contribution is -0.0249. The van der Waals surface area contributed by atoms with E-state index in [0.717, 1.165) is 6.20 Å². The van der Waals surface area contributed by atoms with Crippen molar-refractivity contribution in [2.45, 2.75) is 6.10 Å². The largest absolute Gasteiger partial charge is 0.368 e. The Morgan fingerprint density at radius 2 is 2.23 bits per heavy atom. The van der Waals surface area contributed by atoms with E-state index in [1.165, 1.54) is 4.90 Å². The molecule has 0 spiro atoms. The Morgan fingerprint density at radius 3 is 2.95 bits per heavy atom. The number of H-pyrrole nitrogens is 2. The highest BCUT2D eigenvalue weighted by molar-refractivity contribution is 5.93. The normalized spacial score (nSPS) is 18.2. The average molecular weight is 303 g/mol. The molecule has 1 aliphatic rings. The van der Waals surface area contributed by atoms with Gasteiger partial charge in [-0.25, -0.2) is 4.79 Å². The molecular weight excluding hydrogens is 290 g/mol. The summed E-state index contributed by atoms with van der Waals surface area (Å²) in [6, 6.07) is 0. The van der Waals surface area contributed by atoms with Crippen LogP contribution in [0.4, 0.5) is 0 Å². The lowest BCUT2D eigenvalue weighted by Gasteiger charge is -2.32. The van der Waals surface area contributed by atoms with Crippen molar-refractivity contribution in [2.24, 2.45) is 0 Å². The van der Waals surface area contributed by atoms with Gasteiger partial charge in [-0.15, -0.1) is 0 Å². The maximum atomic E-state index is 12.4. The fourth-order valence-corrected chi connectivity index (χ4v) is 2.23. The molecule has 0 saturated carbocycles. The van der Waals surface area contributed by atoms with Crippen LogP contribution in [0.25, 0.3) is 0 Å². The van der Waals surface area contributed by atoms with Crippen LogP contribution in [0.1, 0.15) is 22.2 Å². The standard InChI is InChI=1S/C13H13N5O4/c19-11-8(5-16-13(21)17-11)12(20)18-3-4-22-10(7-18)9-6-14-1-2-15-9/h1-2,5-6,10H,3-4,7H2,(H2,16,17,19,21). The summed E-state index contributed by atoms with van der Waals surface area (Å²) in [4.78, 5) is 49.1. The van der Waals surface area contributed by atoms with Crippen molar-refractivity contribution < 1.29 is 9.53 Å². The second-order valence-electron chi connectivity index (χ2n) is 4.73. The van der Waals surface area contributed by atoms with E-state index in [1.807, 2.05) is 4.98 Å². The number of carbonyl (C=O) groups is 1. The van der Waals surface area contributed by atoms with Gasteiger partial charge in [-0.1, -0.05) is 0 Å². The molecule has 2 aromatic rings. The summed E-state index contributed by atoms with van der Waals surface area (Å²) in [6.45, 7) is 0.943. The van der Waals surface area contributed by atoms with Crippen molar-refractivity contribution in [3.63, 3.8) is 0 Å². The lowest BCUT2D eigenvalue weighted by atomic mass is 10.2. The van der Waals surface area contributed by atoms with E-state index in [-0.39, 0.29) is 12.1 Å². The molecule has 3 heterocycles. The highest BCUT2D eigenvalue weighted by Gasteiger charge is 2.28. The topological polar surface area (TPSA) is 121 Å². The van der Waals surface area contributed by atoms with Crippen LogP contribution < -0.4 is 11.2 Å². The van der Waals surface area contributed by atoms with Crippen molar-refractivity contribution in [1.82, 2.24) is 24.8 Å². The number of ether oxygens (including phenoxy) is 1. The fourth-order valence-electron chi connectivity index (χ4n) is 2.23. The molecule has 0 bridgehead atoms. The van der Waals surface area contributed by atoms with Gasteiger partial charge in [0.2, 0.25) is 0 Å². The van der Waals surface area contributed by atoms with Gasteiger partial charge in [0.1, 0.15) is 11.7 Å². The van der Waals surface area contributed by atoms with Gasteiger partial charge in [0.05, 0.1) is 25.0 Å². The Morgan fingerprint density at radius 1 is 1.36 bits per heavy atom. The van der Waals surface area contributed by atoms with Crippen LogP contribution in [-0.2, 0) is 4.74 Å². The SMILES string of the molecule is O=C(c1c[nH]c(=O)[nH]c1=O)N1CCOC(c2cnccn2)C1. The Labute approximate surface area is 124 Å². The minimum Gasteiger partial charge on any atom is -0.368 e. The first kappa shape index (κ1) is 14.1. The van der Waals surface area contributed by atoms with E-state index in [1.54, 1.807) is 18.6 Å². The second kappa shape index (κ2) is 5.90. The zero-order valence-corrected chi connectivity index (χ0v) is 11.5. The van der Waals surface area contributed by atoms with Crippen LogP contribution in [0, 0.1) is 0 Å². The van der Waals surface area contributed by atoms with Gasteiger partial charge < -0.3 is 14.6 Å². The molecule has 0 radical (unpaired) electrons. The fraction of sp³-hybridized carbons (Fsp3) is 0.308. The predicted octanol–water partition coefficient (Wildman–Crippen LogP) is -0.933. The zero-order chi connectivity index (χ0) is 15.5. The number of nitrogens with zero attached hydrogens (tertiary/aromatic N) is 3. The number of nitrogens with one attached hydrogen (secondary N) is 2. The van der Waals surface area contributed by atoms with Crippen LogP contribution in [-0.4, -0.2) is 50.4 Å². The second-order valence-corrected chi connectivity index (χ2v) is 4.73. The lowest BCUT2D eigenvalue weighted by Crippen LogP contribution is -2.44. The molecular formula is C13H13N5O4. The molecule has 2 N–H and O–H groups in total. The molecule has 0 aromatic carbocycles. The maximum absolute atomic E-state index is 12.4. The maximum Gasteiger partial charge on any atom is 0.325 e. The zero-order valence-electron chi connectivity index (χ0n) is 11.5. The quantitative estimate of drug-likeness (QED) is 0.739. The number of aromatic amines is 2. The van der Waals surface area contributed by atoms with Gasteiger partial charge >= 0.3 is 5.69 Å². The third-order valence-electron chi connectivity index (χ3n) is 3.32. The van der Waals surface area contributed by atoms with Crippen molar-refractivity contribution in [2.75, 3.05) is 19.7 Å². The molecule has 1 atom stereocenters. The third kappa shape index (κ3) is 2.79. The molecule has 1 fully saturated rings. The molecule has 0 aliphatic carbocycles. The van der Waals surface area contributed by atoms with Crippen molar-refractivity contribution >= 4 is 5.91 Å². The smallest absolute Gasteiger partial charge is 0.325 e. The van der Waals surface area contributed by atoms with Crippen molar-refractivity contribution in [1.29, 1.82) is 0 Å². The minimum absolute atomic E-state index is 0.112. The van der Waals surface area contributed by atoms with E-state index < -0.39 is 23.3 Å². The summed E-state index contributed by atoms with van der Waals surface area (Å²) in [5.74, 6) is -0.463. The van der Waals surface area contributed by atoms with E-state index >= 15 is 0 Å². The first-order valence-corrected chi connectivity index (χ1v) is 6.64. The van der Waals surface area contributed by atoms with Gasteiger partial charge in [-0.05, 0) is 0 Å². The van der Waals surface area contributed by atoms with Crippen LogP contribution >= 0.6 is 0 Å². The van der Waals surface area contributed by atoms with Crippen molar-refractivity contribution in [3.05, 3.63) is 56.9 Å². The molecule has 3 rings (SSSR count). The Bertz CT molecular complexity index is 785. The van der Waals surface area contributed by atoms with Crippen LogP contribution in [0.3, 0.4) is 0 Å². The van der Waals surface area contributed by atoms with E-state index in [9.17, 15) is 14.4 Å². The Kier molecular flexibility index (Phi) is 3.79. The van der Waals surface area contributed by atoms with Gasteiger partial charge in [0.25, 0.3) is 11.5 Å². The third-order valence-corrected chi connectivity index (χ3v) is 3.32. The number of carbonyl (C=O) groups excluding carboxylic acids is 1. The number of hydrogen-bond donors (Lipinski definition) is 2. The number of hydrogen-bond acceptors (Lipinski definition) is 6. The number of rotatable bonds is 2. The van der Waals surface area contributed by atoms with Gasteiger partial charge in [0, 0.05) is 25.1 Å². The van der Waals surface area contributed by atoms with Gasteiger partial charge in [-0.3, -0.25) is 24.5 Å². The summed E-state index contributed by atoms with van der Waals surface area (Å²) in [5, 5.41) is 0. The highest BCUT2D eigenvalue weighted by atomic mass is 16.5. The summed E-state index contributed by atoms with van der Waals surface area (Å²) >= 11 is 0. The van der Waals surface area contributed by atoms with Crippen LogP contribution in [0.2, 0.25) is 0 Å². The molecule has 1 saturated heterocycles. The molecule has 2 aromatic heterocycles. The summed E-state index contributed by atoms with van der Waals surface area (Å²) in [6.07, 6.45) is 5.40. The van der Waals surface area contributed by atoms with Crippen molar-refractivity contribution in [3.8, 4) is 0 Å². The number of morpholine rings is 1. The van der Waals surface area contributed by atoms with Gasteiger partial charge in [0.15, 0.2) is 0 Å². The summed E-state index contributed by atoms with van der Waals surface area (Å²) in [5.41, 5.74) is -0.855. The molecule has 9 heteroatoms. The Hall–Kier alpha value is -2.81. The van der Waals surface area contributed by atoms with Crippen LogP contribution in [0.5, 0.6) is 0 Å². The molecule has 1 aliphatic heterocycles. The average Bonchev–Trinajstić information content (AvgIpc) is 2.55. The van der Waals surface area contributed by atoms with Gasteiger partial charge in [-0.2, -0.15) is 0 Å². The molecule has 9 nitrogen and oxygen atoms in total. The number of amides is 1. The monoisotopic (exact) mass is 303 g/mol. The van der Waals surface area contributed by atoms with E-state index in [4.69, 9.17) is 4.74 Å². The first-order chi connectivity index (χ1) is 10.6. The van der Waals surface area contributed by atoms with E-state index in [2.05, 4.69) is 15.0 Å². The molecule has 1 unspecified atom stereocenters. The molecule has 1 amide bonds. The predicted molar refractivity (Wildman–Crippen MR) is 74.3 cm³/mol. The summed E-state index contributed by atoms with van der Waals surface area (Å²) < 4.78 is 5.59.